The number of likely N-dealkylation sites (tertiary alicyclic amines) is 1. The van der Waals surface area contributed by atoms with Gasteiger partial charge in [0.25, 0.3) is 5.91 Å². The van der Waals surface area contributed by atoms with Gasteiger partial charge in [-0.3, -0.25) is 4.79 Å². The Morgan fingerprint density at radius 2 is 1.79 bits per heavy atom. The van der Waals surface area contributed by atoms with Crippen molar-refractivity contribution in [3.05, 3.63) is 35.8 Å². The lowest BCUT2D eigenvalue weighted by Gasteiger charge is -2.32. The van der Waals surface area contributed by atoms with Gasteiger partial charge in [-0.1, -0.05) is 6.92 Å². The molecule has 0 spiro atoms. The summed E-state index contributed by atoms with van der Waals surface area (Å²) in [5.74, 6) is -0.519. The van der Waals surface area contributed by atoms with Crippen LogP contribution in [0.4, 0.5) is 19.0 Å². The third-order valence-electron chi connectivity index (χ3n) is 5.68. The molecule has 8 nitrogen and oxygen atoms in total. The lowest BCUT2D eigenvalue weighted by atomic mass is 9.89. The number of ether oxygens (including phenoxy) is 3. The molecular formula is C22H27F3N4O4. The molecule has 1 saturated heterocycles. The minimum absolute atomic E-state index is 0.0480. The summed E-state index contributed by atoms with van der Waals surface area (Å²) in [6.45, 7) is 1.45. The normalized spacial score (nSPS) is 15.8. The first kappa shape index (κ1) is 24.4. The van der Waals surface area contributed by atoms with Gasteiger partial charge in [-0.15, -0.1) is 0 Å². The van der Waals surface area contributed by atoms with Crippen molar-refractivity contribution in [2.24, 2.45) is 5.92 Å². The van der Waals surface area contributed by atoms with Gasteiger partial charge in [-0.2, -0.15) is 13.2 Å². The number of carbonyl (C=O) groups is 1. The molecule has 33 heavy (non-hydrogen) atoms. The smallest absolute Gasteiger partial charge is 0.394 e. The van der Waals surface area contributed by atoms with Crippen LogP contribution in [-0.2, 0) is 0 Å². The average molecular weight is 468 g/mol. The molecule has 180 valence electrons. The lowest BCUT2D eigenvalue weighted by Crippen LogP contribution is -2.38. The van der Waals surface area contributed by atoms with Crippen LogP contribution in [0.25, 0.3) is 0 Å². The SMILES string of the molecule is COc1cc(C(=O)N2CCC(c3cnc(N)cc3OC)CC2)ncc1OCC(C)C(F)(F)F. The molecule has 0 radical (unpaired) electrons. The third-order valence-corrected chi connectivity index (χ3v) is 5.68. The Kier molecular flexibility index (Phi) is 7.50. The van der Waals surface area contributed by atoms with Crippen molar-refractivity contribution in [1.82, 2.24) is 14.9 Å². The summed E-state index contributed by atoms with van der Waals surface area (Å²) in [6, 6.07) is 3.07. The predicted molar refractivity (Wildman–Crippen MR) is 115 cm³/mol. The van der Waals surface area contributed by atoms with Crippen molar-refractivity contribution >= 4 is 11.7 Å². The van der Waals surface area contributed by atoms with Crippen molar-refractivity contribution in [3.63, 3.8) is 0 Å². The van der Waals surface area contributed by atoms with Crippen molar-refractivity contribution in [2.45, 2.75) is 31.9 Å². The maximum absolute atomic E-state index is 13.0. The van der Waals surface area contributed by atoms with Gasteiger partial charge in [0.05, 0.1) is 32.9 Å². The standard InChI is InChI=1S/C22H27F3N4O4/c1-13(22(23,24)25)12-33-19-11-27-16(8-18(19)32-3)21(30)29-6-4-14(5-7-29)15-10-28-20(26)9-17(15)31-2/h8-11,13-14H,4-7,12H2,1-3H3,(H2,26,28). The maximum Gasteiger partial charge on any atom is 0.394 e. The molecule has 2 N–H and O–H groups in total. The number of alkyl halides is 3. The van der Waals surface area contributed by atoms with Gasteiger partial charge < -0.3 is 24.8 Å². The van der Waals surface area contributed by atoms with E-state index in [4.69, 9.17) is 19.9 Å². The number of anilines is 1. The molecule has 1 atom stereocenters. The number of piperidine rings is 1. The largest absolute Gasteiger partial charge is 0.496 e. The number of pyridine rings is 2. The molecule has 0 aliphatic carbocycles. The molecule has 1 aliphatic heterocycles. The summed E-state index contributed by atoms with van der Waals surface area (Å²) in [5.41, 5.74) is 6.81. The van der Waals surface area contributed by atoms with E-state index in [1.807, 2.05) is 0 Å². The summed E-state index contributed by atoms with van der Waals surface area (Å²) in [4.78, 5) is 22.9. The van der Waals surface area contributed by atoms with Gasteiger partial charge in [0.2, 0.25) is 0 Å². The quantitative estimate of drug-likeness (QED) is 0.662. The molecule has 2 aromatic rings. The number of carbonyl (C=O) groups excluding carboxylic acids is 1. The summed E-state index contributed by atoms with van der Waals surface area (Å²) < 4.78 is 54.0. The van der Waals surface area contributed by atoms with Gasteiger partial charge in [-0.05, 0) is 18.8 Å². The number of amides is 1. The minimum atomic E-state index is -4.37. The van der Waals surface area contributed by atoms with E-state index in [1.54, 1.807) is 24.3 Å². The third kappa shape index (κ3) is 5.77. The molecule has 3 rings (SSSR count). The zero-order valence-corrected chi connectivity index (χ0v) is 18.7. The second-order valence-electron chi connectivity index (χ2n) is 7.89. The number of halogens is 3. The maximum atomic E-state index is 13.0. The van der Waals surface area contributed by atoms with Crippen LogP contribution in [0, 0.1) is 5.92 Å². The van der Waals surface area contributed by atoms with Crippen LogP contribution in [0.1, 0.15) is 41.7 Å². The highest BCUT2D eigenvalue weighted by Crippen LogP contribution is 2.35. The van der Waals surface area contributed by atoms with Gasteiger partial charge >= 0.3 is 6.18 Å². The zero-order chi connectivity index (χ0) is 24.2. The van der Waals surface area contributed by atoms with Crippen LogP contribution in [0.5, 0.6) is 17.2 Å². The highest BCUT2D eigenvalue weighted by Gasteiger charge is 2.36. The monoisotopic (exact) mass is 468 g/mol. The summed E-state index contributed by atoms with van der Waals surface area (Å²) in [6.07, 6.45) is -0.0221. The molecular weight excluding hydrogens is 441 g/mol. The summed E-state index contributed by atoms with van der Waals surface area (Å²) >= 11 is 0. The number of rotatable bonds is 7. The van der Waals surface area contributed by atoms with Gasteiger partial charge in [0.1, 0.15) is 17.3 Å². The summed E-state index contributed by atoms with van der Waals surface area (Å²) in [5, 5.41) is 0. The number of hydrogen-bond donors (Lipinski definition) is 1. The first-order chi connectivity index (χ1) is 15.6. The highest BCUT2D eigenvalue weighted by molar-refractivity contribution is 5.93. The second-order valence-corrected chi connectivity index (χ2v) is 7.89. The lowest BCUT2D eigenvalue weighted by molar-refractivity contribution is -0.176. The van der Waals surface area contributed by atoms with Gasteiger partial charge in [0.15, 0.2) is 11.5 Å². The molecule has 2 aromatic heterocycles. The van der Waals surface area contributed by atoms with Crippen LogP contribution >= 0.6 is 0 Å². The fourth-order valence-electron chi connectivity index (χ4n) is 3.62. The average Bonchev–Trinajstić information content (AvgIpc) is 2.81. The van der Waals surface area contributed by atoms with E-state index < -0.39 is 18.7 Å². The molecule has 11 heteroatoms. The Bertz CT molecular complexity index is 979. The Hall–Kier alpha value is -3.24. The number of methoxy groups -OCH3 is 2. The van der Waals surface area contributed by atoms with Crippen molar-refractivity contribution < 1.29 is 32.2 Å². The number of hydrogen-bond acceptors (Lipinski definition) is 7. The Labute approximate surface area is 189 Å². The molecule has 3 heterocycles. The van der Waals surface area contributed by atoms with Crippen LogP contribution in [0.3, 0.4) is 0 Å². The van der Waals surface area contributed by atoms with Gasteiger partial charge in [-0.25, -0.2) is 9.97 Å². The van der Waals surface area contributed by atoms with E-state index in [1.165, 1.54) is 19.4 Å². The van der Waals surface area contributed by atoms with E-state index in [0.717, 1.165) is 12.5 Å². The van der Waals surface area contributed by atoms with Crippen LogP contribution in [-0.4, -0.2) is 60.9 Å². The summed E-state index contributed by atoms with van der Waals surface area (Å²) in [7, 11) is 2.93. The molecule has 0 saturated carbocycles. The van der Waals surface area contributed by atoms with E-state index in [9.17, 15) is 18.0 Å². The highest BCUT2D eigenvalue weighted by atomic mass is 19.4. The first-order valence-electron chi connectivity index (χ1n) is 10.5. The minimum Gasteiger partial charge on any atom is -0.496 e. The van der Waals surface area contributed by atoms with Crippen molar-refractivity contribution in [3.8, 4) is 17.2 Å². The van der Waals surface area contributed by atoms with Crippen LogP contribution < -0.4 is 19.9 Å². The molecule has 0 aromatic carbocycles. The van der Waals surface area contributed by atoms with E-state index in [-0.39, 0.29) is 29.0 Å². The fourth-order valence-corrected chi connectivity index (χ4v) is 3.62. The van der Waals surface area contributed by atoms with Crippen LogP contribution in [0.15, 0.2) is 24.5 Å². The van der Waals surface area contributed by atoms with Crippen molar-refractivity contribution in [2.75, 3.05) is 39.6 Å². The molecule has 1 amide bonds. The van der Waals surface area contributed by atoms with E-state index in [0.29, 0.717) is 37.5 Å². The first-order valence-corrected chi connectivity index (χ1v) is 10.5. The molecule has 1 aliphatic rings. The van der Waals surface area contributed by atoms with Crippen molar-refractivity contribution in [1.29, 1.82) is 0 Å². The Morgan fingerprint density at radius 3 is 2.39 bits per heavy atom. The second kappa shape index (κ2) is 10.1. The molecule has 1 fully saturated rings. The number of nitrogen functional groups attached to an aromatic ring is 1. The number of aromatic nitrogens is 2. The van der Waals surface area contributed by atoms with E-state index in [2.05, 4.69) is 9.97 Å². The molecule has 1 unspecified atom stereocenters. The topological polar surface area (TPSA) is 99.8 Å². The predicted octanol–water partition coefficient (Wildman–Crippen LogP) is 3.67. The van der Waals surface area contributed by atoms with Crippen LogP contribution in [0.2, 0.25) is 0 Å². The Balaban J connectivity index is 1.65. The fraction of sp³-hybridized carbons (Fsp3) is 0.500. The number of nitrogens with two attached hydrogens (primary N) is 1. The van der Waals surface area contributed by atoms with Gasteiger partial charge in [0, 0.05) is 37.0 Å². The Morgan fingerprint density at radius 1 is 1.12 bits per heavy atom. The molecule has 0 bridgehead atoms. The zero-order valence-electron chi connectivity index (χ0n) is 18.7. The number of nitrogens with zero attached hydrogens (tertiary/aromatic N) is 3. The van der Waals surface area contributed by atoms with E-state index >= 15 is 0 Å².